The maximum Gasteiger partial charge on any atom is 0.234 e. The molecular formula is C11H19N3O2S. The highest BCUT2D eigenvalue weighted by Crippen LogP contribution is 2.20. The lowest BCUT2D eigenvalue weighted by Gasteiger charge is -2.12. The van der Waals surface area contributed by atoms with Crippen LogP contribution in [0.15, 0.2) is 5.51 Å². The number of methoxy groups -OCH3 is 1. The van der Waals surface area contributed by atoms with Crippen LogP contribution in [0.5, 0.6) is 0 Å². The summed E-state index contributed by atoms with van der Waals surface area (Å²) in [7, 11) is 1.61. The van der Waals surface area contributed by atoms with Gasteiger partial charge in [0.2, 0.25) is 5.91 Å². The van der Waals surface area contributed by atoms with Gasteiger partial charge in [-0.1, -0.05) is 0 Å². The Morgan fingerprint density at radius 1 is 1.65 bits per heavy atom. The fraction of sp³-hybridized carbons (Fsp3) is 0.636. The lowest BCUT2D eigenvalue weighted by atomic mass is 10.2. The second kappa shape index (κ2) is 7.37. The number of amides is 1. The molecule has 0 aliphatic carbocycles. The molecule has 17 heavy (non-hydrogen) atoms. The molecule has 96 valence electrons. The van der Waals surface area contributed by atoms with E-state index in [1.165, 1.54) is 4.88 Å². The summed E-state index contributed by atoms with van der Waals surface area (Å²) in [5.74, 6) is -0.0175. The van der Waals surface area contributed by atoms with Gasteiger partial charge in [-0.3, -0.25) is 4.79 Å². The highest BCUT2D eigenvalue weighted by Gasteiger charge is 2.11. The highest BCUT2D eigenvalue weighted by molar-refractivity contribution is 7.09. The fourth-order valence-corrected chi connectivity index (χ4v) is 2.26. The molecule has 0 bridgehead atoms. The van der Waals surface area contributed by atoms with Crippen LogP contribution in [0.25, 0.3) is 0 Å². The van der Waals surface area contributed by atoms with Gasteiger partial charge in [-0.05, 0) is 13.8 Å². The molecule has 0 fully saturated rings. The van der Waals surface area contributed by atoms with Crippen molar-refractivity contribution in [3.05, 3.63) is 16.1 Å². The van der Waals surface area contributed by atoms with E-state index in [4.69, 9.17) is 4.74 Å². The zero-order valence-electron chi connectivity index (χ0n) is 10.4. The topological polar surface area (TPSA) is 63.2 Å². The van der Waals surface area contributed by atoms with Gasteiger partial charge in [0, 0.05) is 24.6 Å². The molecule has 2 N–H and O–H groups in total. The minimum absolute atomic E-state index is 0.0175. The van der Waals surface area contributed by atoms with E-state index in [9.17, 15) is 4.79 Å². The Kier molecular flexibility index (Phi) is 6.10. The van der Waals surface area contributed by atoms with E-state index in [1.54, 1.807) is 18.4 Å². The van der Waals surface area contributed by atoms with Crippen molar-refractivity contribution in [2.45, 2.75) is 19.9 Å². The van der Waals surface area contributed by atoms with Crippen LogP contribution in [0.1, 0.15) is 23.5 Å². The first-order valence-corrected chi connectivity index (χ1v) is 6.42. The van der Waals surface area contributed by atoms with E-state index in [1.807, 2.05) is 19.4 Å². The summed E-state index contributed by atoms with van der Waals surface area (Å²) in [6, 6.07) is 0.149. The normalized spacial score (nSPS) is 12.4. The van der Waals surface area contributed by atoms with Crippen molar-refractivity contribution in [1.29, 1.82) is 0 Å². The molecule has 0 spiro atoms. The van der Waals surface area contributed by atoms with Crippen LogP contribution in [-0.2, 0) is 9.53 Å². The maximum absolute atomic E-state index is 11.4. The Labute approximate surface area is 106 Å². The van der Waals surface area contributed by atoms with Gasteiger partial charge < -0.3 is 15.4 Å². The molecular weight excluding hydrogens is 238 g/mol. The van der Waals surface area contributed by atoms with Gasteiger partial charge in [0.15, 0.2) is 0 Å². The lowest BCUT2D eigenvalue weighted by molar-refractivity contribution is -0.120. The zero-order chi connectivity index (χ0) is 12.7. The van der Waals surface area contributed by atoms with Crippen LogP contribution >= 0.6 is 11.3 Å². The first kappa shape index (κ1) is 14.1. The van der Waals surface area contributed by atoms with Crippen LogP contribution in [0.3, 0.4) is 0 Å². The summed E-state index contributed by atoms with van der Waals surface area (Å²) in [4.78, 5) is 16.8. The Balaban J connectivity index is 2.26. The molecule has 5 nitrogen and oxygen atoms in total. The Hall–Kier alpha value is -0.980. The summed E-state index contributed by atoms with van der Waals surface area (Å²) in [6.45, 7) is 5.40. The minimum atomic E-state index is -0.0175. The van der Waals surface area contributed by atoms with Gasteiger partial charge >= 0.3 is 0 Å². The molecule has 0 saturated carbocycles. The number of hydrogen-bond donors (Lipinski definition) is 2. The highest BCUT2D eigenvalue weighted by atomic mass is 32.1. The molecule has 0 radical (unpaired) electrons. The number of rotatable bonds is 7. The summed E-state index contributed by atoms with van der Waals surface area (Å²) in [6.07, 6.45) is 0. The predicted octanol–water partition coefficient (Wildman–Crippen LogP) is 0.865. The van der Waals surface area contributed by atoms with E-state index in [0.717, 1.165) is 5.69 Å². The third-order valence-corrected chi connectivity index (χ3v) is 3.49. The van der Waals surface area contributed by atoms with Crippen LogP contribution in [0.4, 0.5) is 0 Å². The molecule has 6 heteroatoms. The van der Waals surface area contributed by atoms with Crippen LogP contribution in [0, 0.1) is 6.92 Å². The van der Waals surface area contributed by atoms with Crippen LogP contribution < -0.4 is 10.6 Å². The number of carbonyl (C=O) groups excluding carboxylic acids is 1. The molecule has 1 amide bonds. The molecule has 1 atom stereocenters. The minimum Gasteiger partial charge on any atom is -0.383 e. The summed E-state index contributed by atoms with van der Waals surface area (Å²) < 4.78 is 4.85. The quantitative estimate of drug-likeness (QED) is 0.711. The second-order valence-electron chi connectivity index (χ2n) is 3.75. The molecule has 1 heterocycles. The van der Waals surface area contributed by atoms with E-state index < -0.39 is 0 Å². The van der Waals surface area contributed by atoms with Gasteiger partial charge in [0.05, 0.1) is 24.4 Å². The zero-order valence-corrected chi connectivity index (χ0v) is 11.3. The van der Waals surface area contributed by atoms with Crippen molar-refractivity contribution in [2.24, 2.45) is 0 Å². The van der Waals surface area contributed by atoms with Crippen molar-refractivity contribution >= 4 is 17.2 Å². The number of nitrogens with one attached hydrogen (secondary N) is 2. The van der Waals surface area contributed by atoms with Crippen molar-refractivity contribution in [2.75, 3.05) is 26.8 Å². The summed E-state index contributed by atoms with van der Waals surface area (Å²) in [5, 5.41) is 5.93. The van der Waals surface area contributed by atoms with Gasteiger partial charge in [0.25, 0.3) is 0 Å². The Morgan fingerprint density at radius 3 is 3.00 bits per heavy atom. The third kappa shape index (κ3) is 4.80. The molecule has 0 aliphatic rings. The molecule has 1 unspecified atom stereocenters. The van der Waals surface area contributed by atoms with Crippen molar-refractivity contribution in [3.8, 4) is 0 Å². The lowest BCUT2D eigenvalue weighted by Crippen LogP contribution is -2.36. The van der Waals surface area contributed by atoms with Crippen LogP contribution in [0.2, 0.25) is 0 Å². The standard InChI is InChI=1S/C11H19N3O2S/c1-8(11-9(2)14-7-17-11)13-6-10(15)12-4-5-16-3/h7-8,13H,4-6H2,1-3H3,(H,12,15). The average Bonchev–Trinajstić information content (AvgIpc) is 2.73. The van der Waals surface area contributed by atoms with Crippen molar-refractivity contribution in [3.63, 3.8) is 0 Å². The van der Waals surface area contributed by atoms with Gasteiger partial charge in [0.1, 0.15) is 0 Å². The Bertz CT molecular complexity index is 354. The van der Waals surface area contributed by atoms with Gasteiger partial charge in [-0.2, -0.15) is 0 Å². The van der Waals surface area contributed by atoms with E-state index in [-0.39, 0.29) is 11.9 Å². The monoisotopic (exact) mass is 257 g/mol. The molecule has 0 aliphatic heterocycles. The summed E-state index contributed by atoms with van der Waals surface area (Å²) in [5.41, 5.74) is 2.84. The van der Waals surface area contributed by atoms with Crippen molar-refractivity contribution in [1.82, 2.24) is 15.6 Å². The Morgan fingerprint density at radius 2 is 2.41 bits per heavy atom. The van der Waals surface area contributed by atoms with E-state index in [2.05, 4.69) is 15.6 Å². The SMILES string of the molecule is COCCNC(=O)CNC(C)c1scnc1C. The van der Waals surface area contributed by atoms with Crippen molar-refractivity contribution < 1.29 is 9.53 Å². The molecule has 1 aromatic rings. The number of nitrogens with zero attached hydrogens (tertiary/aromatic N) is 1. The number of carbonyl (C=O) groups is 1. The number of ether oxygens (including phenoxy) is 1. The third-order valence-electron chi connectivity index (χ3n) is 2.37. The molecule has 0 saturated heterocycles. The smallest absolute Gasteiger partial charge is 0.234 e. The molecule has 0 aromatic carbocycles. The summed E-state index contributed by atoms with van der Waals surface area (Å²) >= 11 is 1.61. The number of hydrogen-bond acceptors (Lipinski definition) is 5. The predicted molar refractivity (Wildman–Crippen MR) is 68.2 cm³/mol. The number of aromatic nitrogens is 1. The maximum atomic E-state index is 11.4. The van der Waals surface area contributed by atoms with E-state index in [0.29, 0.717) is 19.7 Å². The second-order valence-corrected chi connectivity index (χ2v) is 4.63. The van der Waals surface area contributed by atoms with Gasteiger partial charge in [-0.15, -0.1) is 11.3 Å². The average molecular weight is 257 g/mol. The van der Waals surface area contributed by atoms with Gasteiger partial charge in [-0.25, -0.2) is 4.98 Å². The van der Waals surface area contributed by atoms with Crippen LogP contribution in [-0.4, -0.2) is 37.7 Å². The molecule has 1 rings (SSSR count). The first-order valence-electron chi connectivity index (χ1n) is 5.54. The van der Waals surface area contributed by atoms with E-state index >= 15 is 0 Å². The number of thiazole rings is 1. The first-order chi connectivity index (χ1) is 8.15. The molecule has 1 aromatic heterocycles. The fourth-order valence-electron chi connectivity index (χ4n) is 1.42. The largest absolute Gasteiger partial charge is 0.383 e. The number of aryl methyl sites for hydroxylation is 1.